The van der Waals surface area contributed by atoms with Gasteiger partial charge >= 0.3 is 0 Å². The number of anilines is 2. The molecule has 0 aliphatic carbocycles. The van der Waals surface area contributed by atoms with Crippen molar-refractivity contribution < 1.29 is 9.84 Å². The predicted molar refractivity (Wildman–Crippen MR) is 69.5 cm³/mol. The van der Waals surface area contributed by atoms with Crippen molar-refractivity contribution in [2.24, 2.45) is 0 Å². The van der Waals surface area contributed by atoms with Gasteiger partial charge in [-0.1, -0.05) is 11.6 Å². The third kappa shape index (κ3) is 2.65. The number of hydrogen-bond acceptors (Lipinski definition) is 4. The maximum absolute atomic E-state index is 9.16. The fourth-order valence-corrected chi connectivity index (χ4v) is 2.20. The summed E-state index contributed by atoms with van der Waals surface area (Å²) in [6, 6.07) is 5.65. The molecule has 1 fully saturated rings. The van der Waals surface area contributed by atoms with Gasteiger partial charge in [-0.05, 0) is 25.1 Å². The number of morpholine rings is 1. The van der Waals surface area contributed by atoms with Crippen molar-refractivity contribution in [2.45, 2.75) is 19.1 Å². The molecule has 0 saturated carbocycles. The zero-order valence-electron chi connectivity index (χ0n) is 9.77. The third-order valence-electron chi connectivity index (χ3n) is 3.01. The highest BCUT2D eigenvalue weighted by molar-refractivity contribution is 6.31. The Hall–Kier alpha value is -0.970. The Morgan fingerprint density at radius 1 is 1.59 bits per heavy atom. The third-order valence-corrected chi connectivity index (χ3v) is 3.25. The number of benzene rings is 1. The van der Waals surface area contributed by atoms with Crippen molar-refractivity contribution in [3.63, 3.8) is 0 Å². The van der Waals surface area contributed by atoms with Gasteiger partial charge in [0.05, 0.1) is 30.7 Å². The van der Waals surface area contributed by atoms with E-state index in [2.05, 4.69) is 11.8 Å². The van der Waals surface area contributed by atoms with Crippen molar-refractivity contribution in [1.82, 2.24) is 0 Å². The summed E-state index contributed by atoms with van der Waals surface area (Å²) >= 11 is 5.99. The van der Waals surface area contributed by atoms with Crippen LogP contribution in [-0.2, 0) is 4.74 Å². The van der Waals surface area contributed by atoms with Crippen LogP contribution in [-0.4, -0.2) is 37.0 Å². The summed E-state index contributed by atoms with van der Waals surface area (Å²) in [7, 11) is 0. The van der Waals surface area contributed by atoms with Crippen LogP contribution in [0, 0.1) is 0 Å². The Kier molecular flexibility index (Phi) is 3.76. The minimum absolute atomic E-state index is 0.0176. The van der Waals surface area contributed by atoms with E-state index in [-0.39, 0.29) is 18.8 Å². The molecule has 94 valence electrons. The summed E-state index contributed by atoms with van der Waals surface area (Å²) in [5, 5.41) is 9.82. The van der Waals surface area contributed by atoms with E-state index in [0.29, 0.717) is 23.9 Å². The molecule has 1 aromatic rings. The molecule has 1 aliphatic heterocycles. The lowest BCUT2D eigenvalue weighted by Crippen LogP contribution is -2.49. The Morgan fingerprint density at radius 2 is 2.35 bits per heavy atom. The second kappa shape index (κ2) is 5.12. The molecule has 1 aromatic carbocycles. The van der Waals surface area contributed by atoms with Crippen LogP contribution in [0.4, 0.5) is 11.4 Å². The van der Waals surface area contributed by atoms with Gasteiger partial charge in [0.25, 0.3) is 0 Å². The summed E-state index contributed by atoms with van der Waals surface area (Å²) < 4.78 is 5.50. The quantitative estimate of drug-likeness (QED) is 0.788. The second-order valence-electron chi connectivity index (χ2n) is 4.34. The lowest BCUT2D eigenvalue weighted by atomic mass is 10.1. The average molecular weight is 257 g/mol. The fourth-order valence-electron chi connectivity index (χ4n) is 2.03. The predicted octanol–water partition coefficient (Wildman–Crippen LogP) is 1.51. The number of ether oxygens (including phenoxy) is 1. The van der Waals surface area contributed by atoms with E-state index in [1.165, 1.54) is 0 Å². The molecule has 2 unspecified atom stereocenters. The summed E-state index contributed by atoms with van der Waals surface area (Å²) in [6.45, 7) is 3.29. The lowest BCUT2D eigenvalue weighted by molar-refractivity contribution is -0.0102. The van der Waals surface area contributed by atoms with Crippen LogP contribution in [0.5, 0.6) is 0 Å². The molecule has 4 nitrogen and oxygen atoms in total. The van der Waals surface area contributed by atoms with E-state index in [9.17, 15) is 0 Å². The van der Waals surface area contributed by atoms with Crippen molar-refractivity contribution >= 4 is 23.0 Å². The highest BCUT2D eigenvalue weighted by atomic mass is 35.5. The van der Waals surface area contributed by atoms with E-state index >= 15 is 0 Å². The number of halogens is 1. The number of nitrogens with zero attached hydrogens (tertiary/aromatic N) is 1. The van der Waals surface area contributed by atoms with E-state index in [0.717, 1.165) is 5.69 Å². The average Bonchev–Trinajstić information content (AvgIpc) is 2.33. The van der Waals surface area contributed by atoms with Gasteiger partial charge in [-0.25, -0.2) is 0 Å². The minimum Gasteiger partial charge on any atom is -0.397 e. The van der Waals surface area contributed by atoms with E-state index in [1.807, 2.05) is 6.07 Å². The van der Waals surface area contributed by atoms with Gasteiger partial charge in [0.15, 0.2) is 0 Å². The van der Waals surface area contributed by atoms with Gasteiger partial charge in [-0.15, -0.1) is 0 Å². The zero-order chi connectivity index (χ0) is 12.4. The first-order valence-corrected chi connectivity index (χ1v) is 6.03. The lowest BCUT2D eigenvalue weighted by Gasteiger charge is -2.39. The Labute approximate surface area is 106 Å². The van der Waals surface area contributed by atoms with Gasteiger partial charge in [0.1, 0.15) is 0 Å². The number of nitrogens with two attached hydrogens (primary N) is 1. The number of aliphatic hydroxyl groups excluding tert-OH is 1. The van der Waals surface area contributed by atoms with E-state index < -0.39 is 0 Å². The molecule has 0 radical (unpaired) electrons. The molecule has 1 saturated heterocycles. The van der Waals surface area contributed by atoms with Crippen molar-refractivity contribution in [1.29, 1.82) is 0 Å². The second-order valence-corrected chi connectivity index (χ2v) is 4.78. The van der Waals surface area contributed by atoms with Crippen molar-refractivity contribution in [2.75, 3.05) is 30.4 Å². The Balaban J connectivity index is 2.27. The minimum atomic E-state index is -0.162. The number of nitrogen functional groups attached to an aromatic ring is 1. The monoisotopic (exact) mass is 256 g/mol. The van der Waals surface area contributed by atoms with Crippen LogP contribution < -0.4 is 10.6 Å². The first kappa shape index (κ1) is 12.5. The largest absolute Gasteiger partial charge is 0.397 e. The summed E-state index contributed by atoms with van der Waals surface area (Å²) in [4.78, 5) is 2.13. The first-order chi connectivity index (χ1) is 8.11. The van der Waals surface area contributed by atoms with Crippen LogP contribution in [0.25, 0.3) is 0 Å². The van der Waals surface area contributed by atoms with E-state index in [1.54, 1.807) is 12.1 Å². The first-order valence-electron chi connectivity index (χ1n) is 5.66. The molecular formula is C12H17ClN2O2. The van der Waals surface area contributed by atoms with Crippen LogP contribution in [0.1, 0.15) is 6.92 Å². The highest BCUT2D eigenvalue weighted by Crippen LogP contribution is 2.30. The van der Waals surface area contributed by atoms with E-state index in [4.69, 9.17) is 27.2 Å². The molecule has 17 heavy (non-hydrogen) atoms. The highest BCUT2D eigenvalue weighted by Gasteiger charge is 2.26. The zero-order valence-corrected chi connectivity index (χ0v) is 10.5. The van der Waals surface area contributed by atoms with Crippen LogP contribution in [0.2, 0.25) is 5.02 Å². The summed E-state index contributed by atoms with van der Waals surface area (Å²) in [5.74, 6) is 0. The van der Waals surface area contributed by atoms with Crippen LogP contribution in [0.15, 0.2) is 18.2 Å². The molecule has 5 heteroatoms. The Bertz CT molecular complexity index is 400. The molecular weight excluding hydrogens is 240 g/mol. The van der Waals surface area contributed by atoms with Gasteiger partial charge in [0.2, 0.25) is 0 Å². The smallest absolute Gasteiger partial charge is 0.0981 e. The topological polar surface area (TPSA) is 58.7 Å². The molecule has 2 rings (SSSR count). The molecule has 1 aliphatic rings. The maximum Gasteiger partial charge on any atom is 0.0981 e. The number of hydrogen-bond donors (Lipinski definition) is 2. The van der Waals surface area contributed by atoms with Crippen molar-refractivity contribution in [3.8, 4) is 0 Å². The fraction of sp³-hybridized carbons (Fsp3) is 0.500. The van der Waals surface area contributed by atoms with Gasteiger partial charge in [-0.2, -0.15) is 0 Å². The summed E-state index contributed by atoms with van der Waals surface area (Å²) in [6.07, 6.45) is -0.162. The SMILES string of the molecule is CC1COC(CO)CN1c1cc(Cl)ccc1N. The molecule has 0 amide bonds. The Morgan fingerprint density at radius 3 is 3.06 bits per heavy atom. The van der Waals surface area contributed by atoms with Gasteiger partial charge in [0, 0.05) is 17.6 Å². The molecule has 0 bridgehead atoms. The van der Waals surface area contributed by atoms with Gasteiger partial charge < -0.3 is 20.5 Å². The van der Waals surface area contributed by atoms with Crippen LogP contribution >= 0.6 is 11.6 Å². The number of rotatable bonds is 2. The van der Waals surface area contributed by atoms with Crippen LogP contribution in [0.3, 0.4) is 0 Å². The normalized spacial score (nSPS) is 25.0. The molecule has 3 N–H and O–H groups in total. The molecule has 0 spiro atoms. The maximum atomic E-state index is 9.16. The standard InChI is InChI=1S/C12H17ClN2O2/c1-8-7-17-10(6-16)5-15(8)12-4-9(13)2-3-11(12)14/h2-4,8,10,16H,5-7,14H2,1H3. The molecule has 0 aromatic heterocycles. The summed E-state index contributed by atoms with van der Waals surface area (Å²) in [5.41, 5.74) is 7.57. The molecule has 1 heterocycles. The number of aliphatic hydroxyl groups is 1. The molecule has 2 atom stereocenters. The van der Waals surface area contributed by atoms with Crippen molar-refractivity contribution in [3.05, 3.63) is 23.2 Å². The van der Waals surface area contributed by atoms with Gasteiger partial charge in [-0.3, -0.25) is 0 Å².